The average molecular weight is 333 g/mol. The van der Waals surface area contributed by atoms with Crippen LogP contribution in [0.1, 0.15) is 17.5 Å². The molecule has 2 aliphatic heterocycles. The molecule has 23 heavy (non-hydrogen) atoms. The van der Waals surface area contributed by atoms with Crippen molar-refractivity contribution in [1.29, 1.82) is 0 Å². The van der Waals surface area contributed by atoms with Crippen LogP contribution in [0.5, 0.6) is 0 Å². The van der Waals surface area contributed by atoms with Crippen molar-refractivity contribution in [2.75, 3.05) is 32.1 Å². The van der Waals surface area contributed by atoms with E-state index < -0.39 is 0 Å². The van der Waals surface area contributed by atoms with Gasteiger partial charge in [0.1, 0.15) is 0 Å². The Morgan fingerprint density at radius 2 is 2.13 bits per heavy atom. The first kappa shape index (κ1) is 16.3. The van der Waals surface area contributed by atoms with Crippen molar-refractivity contribution >= 4 is 28.6 Å². The van der Waals surface area contributed by atoms with Crippen molar-refractivity contribution in [3.63, 3.8) is 0 Å². The molecule has 0 saturated carbocycles. The normalized spacial score (nSPS) is 24.6. The number of aryl methyl sites for hydroxylation is 1. The van der Waals surface area contributed by atoms with Gasteiger partial charge in [-0.3, -0.25) is 14.9 Å². The molecule has 2 saturated heterocycles. The summed E-state index contributed by atoms with van der Waals surface area (Å²) in [5.74, 6) is -0.167. The summed E-state index contributed by atoms with van der Waals surface area (Å²) in [4.78, 5) is 27.9. The molecule has 1 unspecified atom stereocenters. The summed E-state index contributed by atoms with van der Waals surface area (Å²) in [5, 5.41) is 1.83. The van der Waals surface area contributed by atoms with Crippen LogP contribution in [-0.4, -0.2) is 54.5 Å². The van der Waals surface area contributed by atoms with Crippen LogP contribution in [0.25, 0.3) is 0 Å². The van der Waals surface area contributed by atoms with Crippen molar-refractivity contribution in [1.82, 2.24) is 10.2 Å². The van der Waals surface area contributed by atoms with E-state index >= 15 is 0 Å². The SMILES string of the molecule is Cc1ccc(N2CC[C@H](N(C)C)C2)c(CC2SC(=O)NC2=O)c1. The van der Waals surface area contributed by atoms with Gasteiger partial charge in [0.25, 0.3) is 5.24 Å². The Morgan fingerprint density at radius 3 is 2.74 bits per heavy atom. The highest BCUT2D eigenvalue weighted by molar-refractivity contribution is 8.15. The largest absolute Gasteiger partial charge is 0.370 e. The number of nitrogens with one attached hydrogen (secondary N) is 1. The highest BCUT2D eigenvalue weighted by Crippen LogP contribution is 2.31. The zero-order valence-corrected chi connectivity index (χ0v) is 14.7. The molecule has 0 aliphatic carbocycles. The fourth-order valence-corrected chi connectivity index (χ4v) is 4.14. The Morgan fingerprint density at radius 1 is 1.35 bits per heavy atom. The number of carbonyl (C=O) groups excluding carboxylic acids is 2. The van der Waals surface area contributed by atoms with Crippen LogP contribution in [0.3, 0.4) is 0 Å². The third kappa shape index (κ3) is 3.53. The van der Waals surface area contributed by atoms with E-state index in [2.05, 4.69) is 54.3 Å². The van der Waals surface area contributed by atoms with Crippen molar-refractivity contribution in [3.05, 3.63) is 29.3 Å². The molecule has 1 N–H and O–H groups in total. The number of rotatable bonds is 4. The van der Waals surface area contributed by atoms with Crippen LogP contribution >= 0.6 is 11.8 Å². The minimum atomic E-state index is -0.310. The van der Waals surface area contributed by atoms with E-state index in [0.717, 1.165) is 36.8 Å². The lowest BCUT2D eigenvalue weighted by molar-refractivity contribution is -0.118. The lowest BCUT2D eigenvalue weighted by Crippen LogP contribution is -2.32. The van der Waals surface area contributed by atoms with Gasteiger partial charge in [0.05, 0.1) is 5.25 Å². The summed E-state index contributed by atoms with van der Waals surface area (Å²) in [6.45, 7) is 4.10. The summed E-state index contributed by atoms with van der Waals surface area (Å²) in [5.41, 5.74) is 3.54. The van der Waals surface area contributed by atoms with Gasteiger partial charge in [-0.15, -0.1) is 0 Å². The highest BCUT2D eigenvalue weighted by Gasteiger charge is 2.33. The Kier molecular flexibility index (Phi) is 4.64. The summed E-state index contributed by atoms with van der Waals surface area (Å²) in [7, 11) is 4.24. The van der Waals surface area contributed by atoms with Gasteiger partial charge >= 0.3 is 0 Å². The van der Waals surface area contributed by atoms with Crippen LogP contribution in [-0.2, 0) is 11.2 Å². The lowest BCUT2D eigenvalue weighted by Gasteiger charge is -2.25. The smallest absolute Gasteiger partial charge is 0.286 e. The Bertz CT molecular complexity index is 632. The average Bonchev–Trinajstić information content (AvgIpc) is 3.07. The second kappa shape index (κ2) is 6.53. The molecule has 2 aliphatic rings. The third-order valence-electron chi connectivity index (χ3n) is 4.64. The quantitative estimate of drug-likeness (QED) is 0.914. The molecule has 2 fully saturated rings. The number of benzene rings is 1. The van der Waals surface area contributed by atoms with Crippen molar-refractivity contribution in [3.8, 4) is 0 Å². The number of likely N-dealkylation sites (N-methyl/N-ethyl adjacent to an activating group) is 1. The molecule has 2 amide bonds. The van der Waals surface area contributed by atoms with Crippen molar-refractivity contribution < 1.29 is 9.59 Å². The number of carbonyl (C=O) groups is 2. The number of thioether (sulfide) groups is 1. The molecular formula is C17H23N3O2S. The molecule has 2 atom stereocenters. The fourth-order valence-electron chi connectivity index (χ4n) is 3.30. The second-order valence-electron chi connectivity index (χ2n) is 6.57. The zero-order valence-electron chi connectivity index (χ0n) is 13.8. The predicted molar refractivity (Wildman–Crippen MR) is 94.1 cm³/mol. The summed E-state index contributed by atoms with van der Waals surface area (Å²) >= 11 is 1.10. The Hall–Kier alpha value is -1.53. The first-order valence-electron chi connectivity index (χ1n) is 7.96. The van der Waals surface area contributed by atoms with Gasteiger partial charge < -0.3 is 9.80 Å². The second-order valence-corrected chi connectivity index (χ2v) is 7.75. The molecule has 3 rings (SSSR count). The van der Waals surface area contributed by atoms with Crippen LogP contribution in [0, 0.1) is 6.92 Å². The minimum absolute atomic E-state index is 0.167. The van der Waals surface area contributed by atoms with Crippen LogP contribution in [0.4, 0.5) is 10.5 Å². The highest BCUT2D eigenvalue weighted by atomic mass is 32.2. The number of anilines is 1. The summed E-state index contributed by atoms with van der Waals surface area (Å²) < 4.78 is 0. The Labute approximate surface area is 141 Å². The van der Waals surface area contributed by atoms with Gasteiger partial charge in [0, 0.05) is 24.8 Å². The third-order valence-corrected chi connectivity index (χ3v) is 5.62. The molecule has 1 aromatic carbocycles. The fraction of sp³-hybridized carbons (Fsp3) is 0.529. The Balaban J connectivity index is 1.81. The van der Waals surface area contributed by atoms with Crippen molar-refractivity contribution in [2.45, 2.75) is 31.1 Å². The van der Waals surface area contributed by atoms with Crippen LogP contribution in [0.2, 0.25) is 0 Å². The number of imide groups is 1. The van der Waals surface area contributed by atoms with Crippen LogP contribution in [0.15, 0.2) is 18.2 Å². The van der Waals surface area contributed by atoms with E-state index in [1.807, 2.05) is 0 Å². The maximum absolute atomic E-state index is 11.9. The van der Waals surface area contributed by atoms with Gasteiger partial charge in [-0.05, 0) is 45.5 Å². The number of nitrogens with zero attached hydrogens (tertiary/aromatic N) is 2. The molecule has 0 spiro atoms. The molecule has 1 aromatic rings. The van der Waals surface area contributed by atoms with E-state index in [1.165, 1.54) is 11.3 Å². The van der Waals surface area contributed by atoms with Gasteiger partial charge in [0.2, 0.25) is 5.91 Å². The molecule has 5 nitrogen and oxygen atoms in total. The molecule has 2 heterocycles. The summed E-state index contributed by atoms with van der Waals surface area (Å²) in [6, 6.07) is 6.99. The number of hydrogen-bond donors (Lipinski definition) is 1. The lowest BCUT2D eigenvalue weighted by atomic mass is 10.0. The summed E-state index contributed by atoms with van der Waals surface area (Å²) in [6.07, 6.45) is 1.75. The first-order valence-corrected chi connectivity index (χ1v) is 8.84. The van der Waals surface area contributed by atoms with Gasteiger partial charge in [0.15, 0.2) is 0 Å². The standard InChI is InChI=1S/C17H23N3O2S/c1-11-4-5-14(20-7-6-13(10-20)19(2)3)12(8-11)9-15-16(21)18-17(22)23-15/h4-5,8,13,15H,6-7,9-10H2,1-3H3,(H,18,21,22)/t13-,15?/m0/s1. The van der Waals surface area contributed by atoms with Gasteiger partial charge in [-0.2, -0.15) is 0 Å². The van der Waals surface area contributed by atoms with E-state index in [9.17, 15) is 9.59 Å². The maximum atomic E-state index is 11.9. The molecule has 0 radical (unpaired) electrons. The van der Waals surface area contributed by atoms with E-state index in [1.54, 1.807) is 0 Å². The van der Waals surface area contributed by atoms with Crippen LogP contribution < -0.4 is 10.2 Å². The molecule has 0 bridgehead atoms. The topological polar surface area (TPSA) is 52.6 Å². The molecule has 6 heteroatoms. The minimum Gasteiger partial charge on any atom is -0.370 e. The first-order chi connectivity index (χ1) is 10.9. The predicted octanol–water partition coefficient (Wildman–Crippen LogP) is 2.03. The maximum Gasteiger partial charge on any atom is 0.286 e. The number of hydrogen-bond acceptors (Lipinski definition) is 5. The monoisotopic (exact) mass is 333 g/mol. The van der Waals surface area contributed by atoms with Gasteiger partial charge in [-0.1, -0.05) is 29.5 Å². The van der Waals surface area contributed by atoms with E-state index in [-0.39, 0.29) is 16.4 Å². The van der Waals surface area contributed by atoms with E-state index in [4.69, 9.17) is 0 Å². The van der Waals surface area contributed by atoms with Crippen molar-refractivity contribution in [2.24, 2.45) is 0 Å². The molecule has 124 valence electrons. The molecular weight excluding hydrogens is 310 g/mol. The zero-order chi connectivity index (χ0) is 16.6. The van der Waals surface area contributed by atoms with Gasteiger partial charge in [-0.25, -0.2) is 0 Å². The molecule has 0 aromatic heterocycles. The number of amides is 2. The van der Waals surface area contributed by atoms with E-state index in [0.29, 0.717) is 12.5 Å².